The summed E-state index contributed by atoms with van der Waals surface area (Å²) in [5, 5.41) is 0. The van der Waals surface area contributed by atoms with Crippen LogP contribution in [0, 0.1) is 0 Å². The van der Waals surface area contributed by atoms with E-state index in [2.05, 4.69) is 24.5 Å². The minimum absolute atomic E-state index is 0.260. The first-order valence-corrected chi connectivity index (χ1v) is 13.7. The molecule has 156 valence electrons. The van der Waals surface area contributed by atoms with E-state index < -0.39 is 13.7 Å². The summed E-state index contributed by atoms with van der Waals surface area (Å²) >= 11 is 0. The van der Waals surface area contributed by atoms with Gasteiger partial charge in [-0.05, 0) is 45.0 Å². The summed E-state index contributed by atoms with van der Waals surface area (Å²) in [6, 6.07) is 6.34. The zero-order valence-corrected chi connectivity index (χ0v) is 19.2. The number of nitrogens with two attached hydrogens (primary N) is 1. The van der Waals surface area contributed by atoms with Crippen molar-refractivity contribution in [2.24, 2.45) is 0 Å². The van der Waals surface area contributed by atoms with Gasteiger partial charge in [0.25, 0.3) is 0 Å². The van der Waals surface area contributed by atoms with Gasteiger partial charge in [-0.3, -0.25) is 4.79 Å². The zero-order valence-electron chi connectivity index (χ0n) is 18.2. The average molecular weight is 406 g/mol. The van der Waals surface area contributed by atoms with Crippen LogP contribution in [0.25, 0.3) is 0 Å². The molecular weight excluding hydrogens is 370 g/mol. The summed E-state index contributed by atoms with van der Waals surface area (Å²) in [7, 11) is -1.20. The molecular formula is C21H35N3O3Si. The van der Waals surface area contributed by atoms with Gasteiger partial charge in [-0.2, -0.15) is 0 Å². The molecule has 0 unspecified atom stereocenters. The van der Waals surface area contributed by atoms with Gasteiger partial charge in [-0.15, -0.1) is 0 Å². The highest BCUT2D eigenvalue weighted by atomic mass is 28.3. The average Bonchev–Trinajstić information content (AvgIpc) is 2.57. The van der Waals surface area contributed by atoms with Crippen molar-refractivity contribution in [1.82, 2.24) is 4.90 Å². The molecule has 7 heteroatoms. The number of esters is 1. The fourth-order valence-electron chi connectivity index (χ4n) is 3.14. The van der Waals surface area contributed by atoms with Gasteiger partial charge in [0.1, 0.15) is 5.60 Å². The molecule has 0 atom stereocenters. The van der Waals surface area contributed by atoms with Crippen molar-refractivity contribution in [2.45, 2.75) is 58.5 Å². The molecule has 1 aromatic rings. The molecule has 28 heavy (non-hydrogen) atoms. The van der Waals surface area contributed by atoms with Crippen molar-refractivity contribution >= 4 is 31.3 Å². The molecule has 1 fully saturated rings. The first kappa shape index (κ1) is 22.3. The van der Waals surface area contributed by atoms with Gasteiger partial charge < -0.3 is 20.3 Å². The summed E-state index contributed by atoms with van der Waals surface area (Å²) in [4.78, 5) is 28.8. The molecule has 2 rings (SSSR count). The number of anilines is 2. The molecule has 0 aromatic heterocycles. The number of amides is 1. The number of ether oxygens (including phenoxy) is 1. The summed E-state index contributed by atoms with van der Waals surface area (Å²) in [5.74, 6) is -0.112. The lowest BCUT2D eigenvalue weighted by Crippen LogP contribution is -2.49. The zero-order chi connectivity index (χ0) is 21.1. The monoisotopic (exact) mass is 405 g/mol. The van der Waals surface area contributed by atoms with Crippen molar-refractivity contribution < 1.29 is 14.3 Å². The van der Waals surface area contributed by atoms with Crippen LogP contribution in [0.5, 0.6) is 0 Å². The molecule has 0 aliphatic carbocycles. The maximum absolute atomic E-state index is 12.4. The summed E-state index contributed by atoms with van der Waals surface area (Å²) in [5.41, 5.74) is 7.60. The minimum atomic E-state index is -1.20. The lowest BCUT2D eigenvalue weighted by atomic mass is 10.1. The van der Waals surface area contributed by atoms with Crippen LogP contribution in [0.2, 0.25) is 25.7 Å². The Kier molecular flexibility index (Phi) is 6.80. The van der Waals surface area contributed by atoms with Crippen LogP contribution >= 0.6 is 0 Å². The van der Waals surface area contributed by atoms with Crippen molar-refractivity contribution in [2.75, 3.05) is 36.8 Å². The molecule has 0 saturated carbocycles. The molecule has 1 heterocycles. The van der Waals surface area contributed by atoms with E-state index in [0.717, 1.165) is 24.8 Å². The number of rotatable bonds is 5. The quantitative estimate of drug-likeness (QED) is 0.460. The molecule has 2 N–H and O–H groups in total. The maximum Gasteiger partial charge on any atom is 0.338 e. The Labute approximate surface area is 170 Å². The van der Waals surface area contributed by atoms with E-state index in [-0.39, 0.29) is 11.9 Å². The number of benzene rings is 1. The number of hydrogen-bond donors (Lipinski definition) is 1. The molecule has 1 saturated heterocycles. The predicted molar refractivity (Wildman–Crippen MR) is 118 cm³/mol. The number of hydrogen-bond acceptors (Lipinski definition) is 5. The molecule has 0 bridgehead atoms. The van der Waals surface area contributed by atoms with Crippen LogP contribution in [0.4, 0.5) is 11.4 Å². The van der Waals surface area contributed by atoms with Gasteiger partial charge in [0, 0.05) is 40.7 Å². The number of carbonyl (C=O) groups excluding carboxylic acids is 2. The predicted octanol–water partition coefficient (Wildman–Crippen LogP) is 3.60. The Morgan fingerprint density at radius 2 is 1.71 bits per heavy atom. The minimum Gasteiger partial charge on any atom is -0.456 e. The van der Waals surface area contributed by atoms with E-state index in [4.69, 9.17) is 10.5 Å². The summed E-state index contributed by atoms with van der Waals surface area (Å²) < 4.78 is 5.40. The van der Waals surface area contributed by atoms with Gasteiger partial charge in [0.05, 0.1) is 16.9 Å². The topological polar surface area (TPSA) is 75.9 Å². The third kappa shape index (κ3) is 6.55. The van der Waals surface area contributed by atoms with E-state index in [9.17, 15) is 9.59 Å². The molecule has 0 spiro atoms. The van der Waals surface area contributed by atoms with Crippen molar-refractivity contribution in [3.05, 3.63) is 23.8 Å². The highest BCUT2D eigenvalue weighted by Crippen LogP contribution is 2.27. The number of nitrogen functional groups attached to an aromatic ring is 1. The smallest absolute Gasteiger partial charge is 0.338 e. The van der Waals surface area contributed by atoms with E-state index >= 15 is 0 Å². The first-order chi connectivity index (χ1) is 12.9. The van der Waals surface area contributed by atoms with E-state index in [1.165, 1.54) is 0 Å². The largest absolute Gasteiger partial charge is 0.456 e. The van der Waals surface area contributed by atoms with Crippen molar-refractivity contribution in [3.8, 4) is 0 Å². The standard InChI is InChI=1S/C21H35N3O3Si/c1-21(2,3)27-20(26)16-7-8-18(17(22)15-16)23-10-12-24(13-11-23)19(25)9-14-28(4,5)6/h7-8,15H,9-14,22H2,1-6H3. The second-order valence-corrected chi connectivity index (χ2v) is 15.3. The maximum atomic E-state index is 12.4. The number of nitrogens with zero attached hydrogens (tertiary/aromatic N) is 2. The first-order valence-electron chi connectivity index (χ1n) is 10.0. The van der Waals surface area contributed by atoms with E-state index in [1.54, 1.807) is 12.1 Å². The Hall–Kier alpha value is -2.02. The normalized spacial score (nSPS) is 15.5. The number of carbonyl (C=O) groups is 2. The Balaban J connectivity index is 1.95. The Bertz CT molecular complexity index is 715. The molecule has 1 aliphatic heterocycles. The second-order valence-electron chi connectivity index (χ2n) is 9.70. The van der Waals surface area contributed by atoms with Gasteiger partial charge in [0.15, 0.2) is 0 Å². The Morgan fingerprint density at radius 1 is 1.11 bits per heavy atom. The molecule has 0 radical (unpaired) electrons. The van der Waals surface area contributed by atoms with Crippen molar-refractivity contribution in [3.63, 3.8) is 0 Å². The van der Waals surface area contributed by atoms with Crippen LogP contribution in [0.1, 0.15) is 37.6 Å². The molecule has 1 aromatic carbocycles. The fraction of sp³-hybridized carbons (Fsp3) is 0.619. The van der Waals surface area contributed by atoms with Crippen LogP contribution in [0.3, 0.4) is 0 Å². The highest BCUT2D eigenvalue weighted by Gasteiger charge is 2.25. The van der Waals surface area contributed by atoms with E-state index in [1.807, 2.05) is 31.7 Å². The van der Waals surface area contributed by atoms with Gasteiger partial charge >= 0.3 is 5.97 Å². The third-order valence-corrected chi connectivity index (χ3v) is 6.47. The van der Waals surface area contributed by atoms with E-state index in [0.29, 0.717) is 30.8 Å². The summed E-state index contributed by atoms with van der Waals surface area (Å²) in [6.07, 6.45) is 0.655. The van der Waals surface area contributed by atoms with Gasteiger partial charge in [-0.25, -0.2) is 4.79 Å². The number of piperazine rings is 1. The second kappa shape index (κ2) is 8.55. The van der Waals surface area contributed by atoms with Crippen LogP contribution in [-0.4, -0.2) is 56.6 Å². The fourth-order valence-corrected chi connectivity index (χ4v) is 4.11. The van der Waals surface area contributed by atoms with Crippen LogP contribution in [-0.2, 0) is 9.53 Å². The SMILES string of the molecule is CC(C)(C)OC(=O)c1ccc(N2CCN(C(=O)CC[Si](C)(C)C)CC2)c(N)c1. The molecule has 6 nitrogen and oxygen atoms in total. The van der Waals surface area contributed by atoms with Gasteiger partial charge in [0.2, 0.25) is 5.91 Å². The van der Waals surface area contributed by atoms with Gasteiger partial charge in [-0.1, -0.05) is 19.6 Å². The summed E-state index contributed by atoms with van der Waals surface area (Å²) in [6.45, 7) is 15.3. The third-order valence-electron chi connectivity index (χ3n) is 4.72. The van der Waals surface area contributed by atoms with Crippen LogP contribution < -0.4 is 10.6 Å². The molecule has 1 aliphatic rings. The van der Waals surface area contributed by atoms with Crippen molar-refractivity contribution in [1.29, 1.82) is 0 Å². The van der Waals surface area contributed by atoms with Crippen LogP contribution in [0.15, 0.2) is 18.2 Å². The lowest BCUT2D eigenvalue weighted by molar-refractivity contribution is -0.131. The molecule has 1 amide bonds. The highest BCUT2D eigenvalue weighted by molar-refractivity contribution is 6.76. The Morgan fingerprint density at radius 3 is 2.21 bits per heavy atom. The lowest BCUT2D eigenvalue weighted by Gasteiger charge is -2.37.